The molecule has 0 spiro atoms. The number of benzene rings is 2. The van der Waals surface area contributed by atoms with Crippen LogP contribution in [0.25, 0.3) is 0 Å². The molecule has 3 aromatic rings. The maximum absolute atomic E-state index is 12.9. The molecular weight excluding hydrogens is 371 g/mol. The molecule has 0 atom stereocenters. The summed E-state index contributed by atoms with van der Waals surface area (Å²) in [6.07, 6.45) is 1.91. The van der Waals surface area contributed by atoms with Gasteiger partial charge in [-0.25, -0.2) is 4.39 Å². The summed E-state index contributed by atoms with van der Waals surface area (Å²) in [5, 5.41) is 14.5. The first-order valence-corrected chi connectivity index (χ1v) is 8.86. The van der Waals surface area contributed by atoms with Gasteiger partial charge in [-0.15, -0.1) is 0 Å². The fourth-order valence-corrected chi connectivity index (χ4v) is 2.64. The molecule has 3 rings (SSSR count). The molecule has 1 heterocycles. The molecule has 0 unspecified atom stereocenters. The van der Waals surface area contributed by atoms with Crippen LogP contribution in [0.1, 0.15) is 32.0 Å². The average molecular weight is 388 g/mol. The summed E-state index contributed by atoms with van der Waals surface area (Å²) in [5.74, 6) is -1.18. The van der Waals surface area contributed by atoms with E-state index in [-0.39, 0.29) is 17.1 Å². The zero-order valence-corrected chi connectivity index (χ0v) is 15.4. The Balaban J connectivity index is 1.62. The third-order valence-corrected chi connectivity index (χ3v) is 4.16. The average Bonchev–Trinajstić information content (AvgIpc) is 2.75. The molecule has 2 aromatic carbocycles. The van der Waals surface area contributed by atoms with Gasteiger partial charge in [-0.1, -0.05) is 24.3 Å². The van der Waals surface area contributed by atoms with Gasteiger partial charge >= 0.3 is 0 Å². The lowest BCUT2D eigenvalue weighted by atomic mass is 10.1. The fraction of sp³-hybridized carbons (Fsp3) is 0.0909. The van der Waals surface area contributed by atoms with Gasteiger partial charge in [0, 0.05) is 18.3 Å². The number of amides is 2. The van der Waals surface area contributed by atoms with Crippen molar-refractivity contribution in [3.63, 3.8) is 0 Å². The van der Waals surface area contributed by atoms with Crippen molar-refractivity contribution in [2.45, 2.75) is 6.42 Å². The lowest BCUT2D eigenvalue weighted by molar-refractivity contribution is 0.0949. The Kier molecular flexibility index (Phi) is 6.28. The quantitative estimate of drug-likeness (QED) is 0.677. The second-order valence-corrected chi connectivity index (χ2v) is 6.17. The highest BCUT2D eigenvalue weighted by Gasteiger charge is 2.13. The molecule has 144 valence electrons. The summed E-state index contributed by atoms with van der Waals surface area (Å²) in [6.45, 7) is 0.345. The number of hydrogen-bond donors (Lipinski definition) is 2. The molecular formula is C22H17FN4O2. The Morgan fingerprint density at radius 1 is 1.03 bits per heavy atom. The number of rotatable bonds is 6. The lowest BCUT2D eigenvalue weighted by Gasteiger charge is -2.08. The summed E-state index contributed by atoms with van der Waals surface area (Å²) in [6, 6.07) is 17.6. The van der Waals surface area contributed by atoms with Crippen LogP contribution >= 0.6 is 0 Å². The second-order valence-electron chi connectivity index (χ2n) is 6.17. The van der Waals surface area contributed by atoms with Crippen LogP contribution in [0.4, 0.5) is 10.1 Å². The lowest BCUT2D eigenvalue weighted by Crippen LogP contribution is -2.27. The smallest absolute Gasteiger partial charge is 0.269 e. The summed E-state index contributed by atoms with van der Waals surface area (Å²) >= 11 is 0. The van der Waals surface area contributed by atoms with E-state index in [1.807, 2.05) is 6.07 Å². The number of carbonyl (C=O) groups is 2. The summed E-state index contributed by atoms with van der Waals surface area (Å²) < 4.78 is 12.9. The van der Waals surface area contributed by atoms with E-state index in [0.29, 0.717) is 24.2 Å². The third kappa shape index (κ3) is 5.23. The van der Waals surface area contributed by atoms with Gasteiger partial charge in [0.15, 0.2) is 0 Å². The minimum atomic E-state index is -0.449. The molecule has 0 saturated heterocycles. The topological polar surface area (TPSA) is 94.9 Å². The zero-order valence-electron chi connectivity index (χ0n) is 15.4. The van der Waals surface area contributed by atoms with Crippen LogP contribution in [-0.4, -0.2) is 23.3 Å². The number of hydrogen-bond acceptors (Lipinski definition) is 4. The Labute approximate surface area is 167 Å². The molecule has 0 radical (unpaired) electrons. The highest BCUT2D eigenvalue weighted by molar-refractivity contribution is 6.06. The Bertz CT molecular complexity index is 1070. The van der Waals surface area contributed by atoms with Gasteiger partial charge in [-0.3, -0.25) is 14.6 Å². The van der Waals surface area contributed by atoms with Gasteiger partial charge in [0.25, 0.3) is 11.8 Å². The van der Waals surface area contributed by atoms with E-state index in [1.54, 1.807) is 36.4 Å². The highest BCUT2D eigenvalue weighted by atomic mass is 19.1. The largest absolute Gasteiger partial charge is 0.350 e. The molecule has 29 heavy (non-hydrogen) atoms. The monoisotopic (exact) mass is 388 g/mol. The number of anilines is 1. The Morgan fingerprint density at radius 3 is 2.55 bits per heavy atom. The zero-order chi connectivity index (χ0) is 20.6. The summed E-state index contributed by atoms with van der Waals surface area (Å²) in [4.78, 5) is 28.8. The number of halogens is 1. The maximum Gasteiger partial charge on any atom is 0.269 e. The van der Waals surface area contributed by atoms with Crippen molar-refractivity contribution < 1.29 is 14.0 Å². The van der Waals surface area contributed by atoms with Crippen molar-refractivity contribution in [2.75, 3.05) is 11.9 Å². The second kappa shape index (κ2) is 9.24. The molecule has 0 bridgehead atoms. The summed E-state index contributed by atoms with van der Waals surface area (Å²) in [5.41, 5.74) is 1.97. The molecule has 6 nitrogen and oxygen atoms in total. The molecule has 0 fully saturated rings. The van der Waals surface area contributed by atoms with Gasteiger partial charge < -0.3 is 10.6 Å². The number of carbonyl (C=O) groups excluding carboxylic acids is 2. The first-order chi connectivity index (χ1) is 14.1. The number of nitriles is 1. The van der Waals surface area contributed by atoms with Crippen molar-refractivity contribution in [2.24, 2.45) is 0 Å². The molecule has 0 saturated carbocycles. The van der Waals surface area contributed by atoms with Crippen molar-refractivity contribution in [1.82, 2.24) is 10.3 Å². The number of nitrogens with one attached hydrogen (secondary N) is 2. The van der Waals surface area contributed by atoms with Crippen molar-refractivity contribution in [1.29, 1.82) is 5.26 Å². The van der Waals surface area contributed by atoms with Gasteiger partial charge in [-0.05, 0) is 48.4 Å². The maximum atomic E-state index is 12.9. The highest BCUT2D eigenvalue weighted by Crippen LogP contribution is 2.15. The van der Waals surface area contributed by atoms with E-state index >= 15 is 0 Å². The van der Waals surface area contributed by atoms with Crippen LogP contribution in [0.2, 0.25) is 0 Å². The van der Waals surface area contributed by atoms with Crippen LogP contribution in [0.15, 0.2) is 66.9 Å². The van der Waals surface area contributed by atoms with Gasteiger partial charge in [0.1, 0.15) is 17.6 Å². The van der Waals surface area contributed by atoms with E-state index in [2.05, 4.69) is 15.6 Å². The molecule has 2 N–H and O–H groups in total. The van der Waals surface area contributed by atoms with E-state index in [9.17, 15) is 14.0 Å². The van der Waals surface area contributed by atoms with E-state index in [0.717, 1.165) is 5.56 Å². The van der Waals surface area contributed by atoms with Crippen molar-refractivity contribution in [3.05, 3.63) is 95.1 Å². The first-order valence-electron chi connectivity index (χ1n) is 8.86. The third-order valence-electron chi connectivity index (χ3n) is 4.16. The van der Waals surface area contributed by atoms with Crippen LogP contribution in [-0.2, 0) is 6.42 Å². The molecule has 1 aromatic heterocycles. The molecule has 0 aliphatic heterocycles. The standard InChI is InChI=1S/C22H17FN4O2/c23-18-7-5-15(6-8-18)9-11-26-22(29)20-13-16(10-12-25-20)21(28)27-19-4-2-1-3-17(19)14-24/h1-8,10,12-13H,9,11H2,(H,26,29)(H,27,28). The van der Waals surface area contributed by atoms with E-state index < -0.39 is 11.8 Å². The Morgan fingerprint density at radius 2 is 1.79 bits per heavy atom. The Hall–Kier alpha value is -4.05. The van der Waals surface area contributed by atoms with Crippen LogP contribution < -0.4 is 10.6 Å². The fourth-order valence-electron chi connectivity index (χ4n) is 2.64. The summed E-state index contributed by atoms with van der Waals surface area (Å²) in [7, 11) is 0. The number of nitrogens with zero attached hydrogens (tertiary/aromatic N) is 2. The van der Waals surface area contributed by atoms with Crippen LogP contribution in [0.5, 0.6) is 0 Å². The number of pyridine rings is 1. The predicted molar refractivity (Wildman–Crippen MR) is 106 cm³/mol. The molecule has 0 aliphatic carbocycles. The van der Waals surface area contributed by atoms with Crippen LogP contribution in [0, 0.1) is 17.1 Å². The first kappa shape index (κ1) is 19.7. The van der Waals surface area contributed by atoms with E-state index in [1.165, 1.54) is 30.5 Å². The molecule has 0 aliphatic rings. The SMILES string of the molecule is N#Cc1ccccc1NC(=O)c1ccnc(C(=O)NCCc2ccc(F)cc2)c1. The number of para-hydroxylation sites is 1. The number of aromatic nitrogens is 1. The van der Waals surface area contributed by atoms with Crippen molar-refractivity contribution in [3.8, 4) is 6.07 Å². The van der Waals surface area contributed by atoms with Gasteiger partial charge in [0.05, 0.1) is 11.3 Å². The van der Waals surface area contributed by atoms with Gasteiger partial charge in [-0.2, -0.15) is 5.26 Å². The minimum absolute atomic E-state index is 0.102. The normalized spacial score (nSPS) is 10.1. The molecule has 2 amide bonds. The minimum Gasteiger partial charge on any atom is -0.350 e. The van der Waals surface area contributed by atoms with Gasteiger partial charge in [0.2, 0.25) is 0 Å². The van der Waals surface area contributed by atoms with Crippen molar-refractivity contribution >= 4 is 17.5 Å². The molecule has 7 heteroatoms. The predicted octanol–water partition coefficient (Wildman–Crippen LogP) is 3.32. The van der Waals surface area contributed by atoms with E-state index in [4.69, 9.17) is 5.26 Å². The van der Waals surface area contributed by atoms with Crippen LogP contribution in [0.3, 0.4) is 0 Å².